The first-order valence-electron chi connectivity index (χ1n) is 8.70. The summed E-state index contributed by atoms with van der Waals surface area (Å²) in [6.07, 6.45) is 0. The van der Waals surface area contributed by atoms with Crippen molar-refractivity contribution in [3.63, 3.8) is 0 Å². The fourth-order valence-corrected chi connectivity index (χ4v) is 3.58. The van der Waals surface area contributed by atoms with E-state index in [-0.39, 0.29) is 17.0 Å². The van der Waals surface area contributed by atoms with Crippen LogP contribution in [0, 0.1) is 4.91 Å². The molecule has 154 valence electrons. The number of carboxylic acid groups (broad SMARTS) is 1. The van der Waals surface area contributed by atoms with Crippen molar-refractivity contribution in [2.24, 2.45) is 0 Å². The number of carbonyl (C=O) groups is 2. The summed E-state index contributed by atoms with van der Waals surface area (Å²) in [6, 6.07) is 12.2. The smallest absolute Gasteiger partial charge is 0.335 e. The molecule has 3 aromatic rings. The van der Waals surface area contributed by atoms with Gasteiger partial charge in [0.05, 0.1) is 20.9 Å². The lowest BCUT2D eigenvalue weighted by Gasteiger charge is -2.21. The third kappa shape index (κ3) is 4.35. The molecular weight excluding hydrogens is 410 g/mol. The third-order valence-corrected chi connectivity index (χ3v) is 5.33. The number of aromatic nitrogens is 4. The Morgan fingerprint density at radius 3 is 2.23 bits per heavy atom. The molecule has 10 nitrogen and oxygen atoms in total. The minimum absolute atomic E-state index is 0.144. The van der Waals surface area contributed by atoms with Crippen LogP contribution in [-0.4, -0.2) is 53.8 Å². The van der Waals surface area contributed by atoms with Crippen LogP contribution in [0.2, 0.25) is 0 Å². The van der Waals surface area contributed by atoms with Gasteiger partial charge in [0.15, 0.2) is 12.9 Å². The van der Waals surface area contributed by atoms with Crippen molar-refractivity contribution < 1.29 is 24.5 Å². The number of tetrazole rings is 1. The number of aromatic carboxylic acids is 1. The van der Waals surface area contributed by atoms with Crippen molar-refractivity contribution in [1.29, 1.82) is 0 Å². The molecule has 1 N–H and O–H groups in total. The number of carbonyl (C=O) groups excluding carboxylic acids is 1. The molecule has 0 fully saturated rings. The molecule has 30 heavy (non-hydrogen) atoms. The summed E-state index contributed by atoms with van der Waals surface area (Å²) in [5.41, 5.74) is 1.40. The normalized spacial score (nSPS) is 11.2. The quantitative estimate of drug-likeness (QED) is 0.327. The Kier molecular flexibility index (Phi) is 5.92. The van der Waals surface area contributed by atoms with Crippen molar-refractivity contribution in [2.45, 2.75) is 23.8 Å². The summed E-state index contributed by atoms with van der Waals surface area (Å²) in [7, 11) is 1.26. The topological polar surface area (TPSA) is 127 Å². The second-order valence-electron chi connectivity index (χ2n) is 6.65. The van der Waals surface area contributed by atoms with E-state index in [9.17, 15) is 14.5 Å². The molecule has 0 unspecified atom stereocenters. The zero-order chi connectivity index (χ0) is 21.9. The maximum Gasteiger partial charge on any atom is 0.335 e. The molecule has 2 aromatic carbocycles. The van der Waals surface area contributed by atoms with Crippen LogP contribution in [0.25, 0.3) is 5.69 Å². The molecule has 0 atom stereocenters. The van der Waals surface area contributed by atoms with E-state index in [4.69, 9.17) is 5.11 Å². The van der Waals surface area contributed by atoms with E-state index in [2.05, 4.69) is 20.4 Å². The molecule has 3 rings (SSSR count). The molecule has 0 saturated carbocycles. The number of thioether (sulfide) groups is 1. The summed E-state index contributed by atoms with van der Waals surface area (Å²) in [5.74, 6) is -1.21. The summed E-state index contributed by atoms with van der Waals surface area (Å²) >= 11 is 1.17. The molecule has 1 heterocycles. The highest BCUT2D eigenvalue weighted by Gasteiger charge is 2.33. The molecule has 0 aliphatic carbocycles. The van der Waals surface area contributed by atoms with Gasteiger partial charge in [-0.1, -0.05) is 11.8 Å². The molecule has 0 amide bonds. The average molecular weight is 428 g/mol. The highest BCUT2D eigenvalue weighted by Crippen LogP contribution is 2.35. The van der Waals surface area contributed by atoms with Crippen molar-refractivity contribution in [2.75, 3.05) is 7.11 Å². The lowest BCUT2D eigenvalue weighted by atomic mass is 10.00. The van der Waals surface area contributed by atoms with Gasteiger partial charge in [0.25, 0.3) is 4.92 Å². The van der Waals surface area contributed by atoms with Crippen LogP contribution < -0.4 is 0 Å². The van der Waals surface area contributed by atoms with Crippen LogP contribution >= 0.6 is 11.8 Å². The average Bonchev–Trinajstić information content (AvgIpc) is 3.20. The fourth-order valence-electron chi connectivity index (χ4n) is 2.61. The van der Waals surface area contributed by atoms with Gasteiger partial charge in [0.1, 0.15) is 0 Å². The SMILES string of the molecule is CO[N+](=O)c1ccc(C(=O)C(C)(C)Sc2nnnn2-c2ccc(C(=O)O)cc2)cc1. The number of Topliss-reactive ketones (excluding diaryl/α,β-unsaturated/α-hetero) is 1. The highest BCUT2D eigenvalue weighted by atomic mass is 32.2. The van der Waals surface area contributed by atoms with Crippen LogP contribution in [0.15, 0.2) is 53.7 Å². The van der Waals surface area contributed by atoms with Crippen LogP contribution in [0.5, 0.6) is 0 Å². The molecular formula is C19H18N5O5S+. The van der Waals surface area contributed by atoms with Crippen molar-refractivity contribution in [3.8, 4) is 5.69 Å². The van der Waals surface area contributed by atoms with Gasteiger partial charge in [-0.2, -0.15) is 4.68 Å². The van der Waals surface area contributed by atoms with Crippen molar-refractivity contribution >= 4 is 29.2 Å². The highest BCUT2D eigenvalue weighted by molar-refractivity contribution is 8.01. The van der Waals surface area contributed by atoms with E-state index in [1.165, 1.54) is 47.8 Å². The first-order chi connectivity index (χ1) is 14.2. The van der Waals surface area contributed by atoms with Crippen LogP contribution in [0.1, 0.15) is 34.6 Å². The molecule has 0 spiro atoms. The fraction of sp³-hybridized carbons (Fsp3) is 0.211. The Morgan fingerprint density at radius 1 is 1.07 bits per heavy atom. The zero-order valence-corrected chi connectivity index (χ0v) is 17.2. The summed E-state index contributed by atoms with van der Waals surface area (Å²) in [5, 5.41) is 21.0. The van der Waals surface area contributed by atoms with Crippen LogP contribution in [-0.2, 0) is 4.84 Å². The first kappa shape index (κ1) is 21.1. The van der Waals surface area contributed by atoms with Gasteiger partial charge in [0.2, 0.25) is 5.16 Å². The molecule has 0 aliphatic heterocycles. The van der Waals surface area contributed by atoms with E-state index >= 15 is 0 Å². The molecule has 0 saturated heterocycles. The van der Waals surface area contributed by atoms with E-state index in [0.717, 1.165) is 0 Å². The Bertz CT molecular complexity index is 1090. The number of ketones is 1. The second-order valence-corrected chi connectivity index (χ2v) is 8.24. The molecule has 0 bridgehead atoms. The third-order valence-electron chi connectivity index (χ3n) is 4.20. The molecule has 11 heteroatoms. The largest absolute Gasteiger partial charge is 0.478 e. The van der Waals surface area contributed by atoms with Crippen LogP contribution in [0.3, 0.4) is 0 Å². The Hall–Kier alpha value is -3.60. The number of rotatable bonds is 8. The van der Waals surface area contributed by atoms with Gasteiger partial charge in [-0.3, -0.25) is 4.79 Å². The number of nitrogens with zero attached hydrogens (tertiary/aromatic N) is 5. The van der Waals surface area contributed by atoms with Crippen LogP contribution in [0.4, 0.5) is 5.69 Å². The van der Waals surface area contributed by atoms with E-state index in [1.54, 1.807) is 38.1 Å². The zero-order valence-electron chi connectivity index (χ0n) is 16.3. The predicted molar refractivity (Wildman–Crippen MR) is 107 cm³/mol. The van der Waals surface area contributed by atoms with Gasteiger partial charge < -0.3 is 5.11 Å². The summed E-state index contributed by atoms with van der Waals surface area (Å²) in [4.78, 5) is 40.5. The lowest BCUT2D eigenvalue weighted by Crippen LogP contribution is -2.28. The standard InChI is InChI=1S/C19H17N5O5S/c1-19(2,16(25)12-4-10-15(11-5-12)24(28)29-3)30-18-20-21-22-23(18)14-8-6-13(7-9-14)17(26)27/h4-11H,1-3H3/p+1. The summed E-state index contributed by atoms with van der Waals surface area (Å²) < 4.78 is 0.510. The van der Waals surface area contributed by atoms with Gasteiger partial charge >= 0.3 is 11.7 Å². The van der Waals surface area contributed by atoms with Gasteiger partial charge in [0, 0.05) is 17.7 Å². The van der Waals surface area contributed by atoms with E-state index in [1.807, 2.05) is 0 Å². The number of hydrogen-bond donors (Lipinski definition) is 1. The Labute approximate surface area is 175 Å². The minimum Gasteiger partial charge on any atom is -0.478 e. The number of benzene rings is 2. The van der Waals surface area contributed by atoms with Crippen molar-refractivity contribution in [1.82, 2.24) is 20.2 Å². The lowest BCUT2D eigenvalue weighted by molar-refractivity contribution is -0.736. The second kappa shape index (κ2) is 8.41. The van der Waals surface area contributed by atoms with E-state index in [0.29, 0.717) is 21.3 Å². The van der Waals surface area contributed by atoms with E-state index < -0.39 is 10.7 Å². The Morgan fingerprint density at radius 2 is 1.67 bits per heavy atom. The maximum absolute atomic E-state index is 13.0. The first-order valence-corrected chi connectivity index (χ1v) is 9.52. The molecule has 1 aromatic heterocycles. The predicted octanol–water partition coefficient (Wildman–Crippen LogP) is 3.09. The van der Waals surface area contributed by atoms with Gasteiger partial charge in [-0.15, -0.1) is 5.10 Å². The monoisotopic (exact) mass is 428 g/mol. The van der Waals surface area contributed by atoms with Crippen molar-refractivity contribution in [3.05, 3.63) is 64.6 Å². The Balaban J connectivity index is 1.82. The minimum atomic E-state index is -1.03. The van der Waals surface area contributed by atoms with Gasteiger partial charge in [-0.05, 0) is 60.7 Å². The summed E-state index contributed by atoms with van der Waals surface area (Å²) in [6.45, 7) is 3.49. The molecule has 0 aliphatic rings. The number of carboxylic acids is 1. The van der Waals surface area contributed by atoms with Gasteiger partial charge in [-0.25, -0.2) is 9.63 Å². The molecule has 0 radical (unpaired) electrons. The maximum atomic E-state index is 13.0. The number of hydrogen-bond acceptors (Lipinski definition) is 8.